The van der Waals surface area contributed by atoms with Crippen molar-refractivity contribution in [1.29, 1.82) is 0 Å². The first-order valence-electron chi connectivity index (χ1n) is 3.64. The van der Waals surface area contributed by atoms with Crippen molar-refractivity contribution in [3.63, 3.8) is 0 Å². The molecule has 2 unspecified atom stereocenters. The molecule has 0 aliphatic heterocycles. The minimum atomic E-state index is 0. The van der Waals surface area contributed by atoms with Gasteiger partial charge >= 0.3 is 23.1 Å². The topological polar surface area (TPSA) is 0 Å². The summed E-state index contributed by atoms with van der Waals surface area (Å²) >= 11 is 0. The fraction of sp³-hybridized carbons (Fsp3) is 0.875. The summed E-state index contributed by atoms with van der Waals surface area (Å²) in [4.78, 5) is 0. The first-order chi connectivity index (χ1) is 3.80. The Hall–Kier alpha value is 1.06. The standard InChI is InChI=1S/C8H15.ClH.Mg/c1-7-5-3-4-6-8(7)2;;/h7-8H,1,3-6H2,2H3;1H;/q-1;;+2/p-1. The fourth-order valence-electron chi connectivity index (χ4n) is 1.39. The number of hydrogen-bond acceptors (Lipinski definition) is 0. The van der Waals surface area contributed by atoms with Crippen molar-refractivity contribution in [3.8, 4) is 0 Å². The van der Waals surface area contributed by atoms with Crippen LogP contribution in [0.1, 0.15) is 32.6 Å². The second kappa shape index (κ2) is 6.75. The van der Waals surface area contributed by atoms with Crippen LogP contribution in [0.4, 0.5) is 0 Å². The van der Waals surface area contributed by atoms with Gasteiger partial charge in [-0.2, -0.15) is 5.92 Å². The molecule has 0 saturated heterocycles. The molecule has 2 atom stereocenters. The number of hydrogen-bond donors (Lipinski definition) is 0. The van der Waals surface area contributed by atoms with Gasteiger partial charge in [0, 0.05) is 0 Å². The van der Waals surface area contributed by atoms with Crippen LogP contribution < -0.4 is 12.4 Å². The van der Waals surface area contributed by atoms with E-state index < -0.39 is 0 Å². The van der Waals surface area contributed by atoms with Crippen LogP contribution in [-0.2, 0) is 0 Å². The van der Waals surface area contributed by atoms with Crippen LogP contribution in [0.2, 0.25) is 0 Å². The largest absolute Gasteiger partial charge is 2.00 e. The van der Waals surface area contributed by atoms with E-state index in [-0.39, 0.29) is 35.5 Å². The molecule has 0 heterocycles. The Morgan fingerprint density at radius 1 is 1.20 bits per heavy atom. The molecule has 1 fully saturated rings. The normalized spacial score (nSPS) is 31.8. The summed E-state index contributed by atoms with van der Waals surface area (Å²) in [6, 6.07) is 0. The zero-order valence-corrected chi connectivity index (χ0v) is 8.95. The zero-order chi connectivity index (χ0) is 5.98. The van der Waals surface area contributed by atoms with Crippen molar-refractivity contribution >= 4 is 23.1 Å². The predicted molar refractivity (Wildman–Crippen MR) is 42.2 cm³/mol. The van der Waals surface area contributed by atoms with E-state index in [4.69, 9.17) is 0 Å². The van der Waals surface area contributed by atoms with Crippen molar-refractivity contribution in [3.05, 3.63) is 6.92 Å². The first kappa shape index (κ1) is 13.6. The van der Waals surface area contributed by atoms with E-state index in [0.717, 1.165) is 11.8 Å². The number of halogens is 1. The van der Waals surface area contributed by atoms with Crippen molar-refractivity contribution < 1.29 is 12.4 Å². The van der Waals surface area contributed by atoms with E-state index in [1.54, 1.807) is 0 Å². The summed E-state index contributed by atoms with van der Waals surface area (Å²) < 4.78 is 0. The van der Waals surface area contributed by atoms with Gasteiger partial charge in [0.1, 0.15) is 0 Å². The summed E-state index contributed by atoms with van der Waals surface area (Å²) in [6.45, 7) is 6.39. The maximum absolute atomic E-state index is 4.08. The smallest absolute Gasteiger partial charge is 1.00 e. The van der Waals surface area contributed by atoms with Gasteiger partial charge in [0.05, 0.1) is 0 Å². The Morgan fingerprint density at radius 3 is 2.00 bits per heavy atom. The van der Waals surface area contributed by atoms with E-state index >= 15 is 0 Å². The quantitative estimate of drug-likeness (QED) is 0.333. The van der Waals surface area contributed by atoms with Crippen LogP contribution in [0.3, 0.4) is 0 Å². The van der Waals surface area contributed by atoms with Crippen molar-refractivity contribution in [2.45, 2.75) is 32.6 Å². The zero-order valence-electron chi connectivity index (χ0n) is 6.78. The van der Waals surface area contributed by atoms with Gasteiger partial charge in [-0.25, -0.2) is 0 Å². The van der Waals surface area contributed by atoms with Crippen LogP contribution in [-0.4, -0.2) is 23.1 Å². The fourth-order valence-corrected chi connectivity index (χ4v) is 1.39. The van der Waals surface area contributed by atoms with Gasteiger partial charge in [-0.05, 0) is 0 Å². The molecule has 1 aliphatic carbocycles. The molecule has 0 bridgehead atoms. The minimum Gasteiger partial charge on any atom is -1.00 e. The Morgan fingerprint density at radius 2 is 1.70 bits per heavy atom. The Labute approximate surface area is 86.7 Å². The maximum atomic E-state index is 4.08. The average Bonchev–Trinajstić information content (AvgIpc) is 1.77. The van der Waals surface area contributed by atoms with Crippen molar-refractivity contribution in [1.82, 2.24) is 0 Å². The molecule has 0 aromatic heterocycles. The summed E-state index contributed by atoms with van der Waals surface area (Å²) in [5, 5.41) is 0. The van der Waals surface area contributed by atoms with E-state index in [1.807, 2.05) is 0 Å². The third kappa shape index (κ3) is 4.04. The van der Waals surface area contributed by atoms with Crippen molar-refractivity contribution in [2.75, 3.05) is 0 Å². The molecule has 56 valence electrons. The second-order valence-electron chi connectivity index (χ2n) is 3.02. The van der Waals surface area contributed by atoms with Gasteiger partial charge in [0.25, 0.3) is 0 Å². The molecule has 0 aromatic carbocycles. The molecular formula is C8H15ClMg. The van der Waals surface area contributed by atoms with Crippen LogP contribution >= 0.6 is 0 Å². The Balaban J connectivity index is 0. The van der Waals surface area contributed by atoms with E-state index in [1.165, 1.54) is 25.7 Å². The average molecular weight is 171 g/mol. The van der Waals surface area contributed by atoms with E-state index in [9.17, 15) is 0 Å². The minimum absolute atomic E-state index is 0. The monoisotopic (exact) mass is 170 g/mol. The molecule has 0 nitrogen and oxygen atoms in total. The second-order valence-corrected chi connectivity index (χ2v) is 3.02. The van der Waals surface area contributed by atoms with Crippen LogP contribution in [0.25, 0.3) is 0 Å². The third-order valence-electron chi connectivity index (χ3n) is 2.29. The molecule has 0 N–H and O–H groups in total. The number of rotatable bonds is 0. The Kier molecular flexibility index (Phi) is 9.20. The molecule has 10 heavy (non-hydrogen) atoms. The summed E-state index contributed by atoms with van der Waals surface area (Å²) in [6.07, 6.45) is 5.63. The molecule has 1 saturated carbocycles. The van der Waals surface area contributed by atoms with Gasteiger partial charge in [-0.15, -0.1) is 0 Å². The van der Waals surface area contributed by atoms with E-state index in [0.29, 0.717) is 0 Å². The molecular weight excluding hydrogens is 156 g/mol. The molecule has 0 radical (unpaired) electrons. The van der Waals surface area contributed by atoms with Gasteiger partial charge < -0.3 is 19.3 Å². The van der Waals surface area contributed by atoms with Gasteiger partial charge in [-0.3, -0.25) is 0 Å². The van der Waals surface area contributed by atoms with Gasteiger partial charge in [-0.1, -0.05) is 38.5 Å². The molecule has 0 amide bonds. The third-order valence-corrected chi connectivity index (χ3v) is 2.29. The molecule has 1 aliphatic rings. The molecule has 0 aromatic rings. The van der Waals surface area contributed by atoms with E-state index in [2.05, 4.69) is 13.8 Å². The van der Waals surface area contributed by atoms with Gasteiger partial charge in [0.15, 0.2) is 0 Å². The van der Waals surface area contributed by atoms with Crippen LogP contribution in [0, 0.1) is 18.8 Å². The first-order valence-corrected chi connectivity index (χ1v) is 3.64. The molecule has 1 rings (SSSR count). The molecule has 2 heteroatoms. The molecule has 0 spiro atoms. The van der Waals surface area contributed by atoms with Crippen molar-refractivity contribution in [2.24, 2.45) is 11.8 Å². The van der Waals surface area contributed by atoms with Crippen LogP contribution in [0.5, 0.6) is 0 Å². The Bertz CT molecular complexity index is 65.7. The van der Waals surface area contributed by atoms with Gasteiger partial charge in [0.2, 0.25) is 0 Å². The predicted octanol–water partition coefficient (Wildman–Crippen LogP) is -0.730. The summed E-state index contributed by atoms with van der Waals surface area (Å²) in [5.74, 6) is 1.65. The van der Waals surface area contributed by atoms with Crippen LogP contribution in [0.15, 0.2) is 0 Å². The SMILES string of the molecule is [CH2-]C1CCCCC1C.[Cl-].[Mg+2]. The summed E-state index contributed by atoms with van der Waals surface area (Å²) in [7, 11) is 0. The maximum Gasteiger partial charge on any atom is 2.00 e. The summed E-state index contributed by atoms with van der Waals surface area (Å²) in [5.41, 5.74) is 0.